The fourth-order valence-corrected chi connectivity index (χ4v) is 6.47. The number of nitrogens with zero attached hydrogens (tertiary/aromatic N) is 1. The third kappa shape index (κ3) is 5.19. The van der Waals surface area contributed by atoms with Gasteiger partial charge in [-0.2, -0.15) is 0 Å². The quantitative estimate of drug-likeness (QED) is 0.294. The number of benzene rings is 1. The topological polar surface area (TPSA) is 154 Å². The van der Waals surface area contributed by atoms with Crippen molar-refractivity contribution < 1.29 is 34.3 Å². The molecule has 3 aliphatic rings. The molecular formula is C26H36N4O7S. The van der Waals surface area contributed by atoms with E-state index in [9.17, 15) is 20.1 Å². The van der Waals surface area contributed by atoms with E-state index < -0.39 is 54.5 Å². The second kappa shape index (κ2) is 11.1. The first-order valence-corrected chi connectivity index (χ1v) is 13.9. The molecule has 2 aromatic rings. The van der Waals surface area contributed by atoms with Gasteiger partial charge in [0.25, 0.3) is 0 Å². The lowest BCUT2D eigenvalue weighted by Gasteiger charge is -2.58. The number of rotatable bonds is 7. The Morgan fingerprint density at radius 3 is 2.66 bits per heavy atom. The summed E-state index contributed by atoms with van der Waals surface area (Å²) in [6.07, 6.45) is -4.34. The Labute approximate surface area is 225 Å². The molecule has 1 aromatic carbocycles. The highest BCUT2D eigenvalue weighted by Crippen LogP contribution is 2.43. The van der Waals surface area contributed by atoms with Gasteiger partial charge in [0.15, 0.2) is 5.13 Å². The van der Waals surface area contributed by atoms with Crippen molar-refractivity contribution in [1.82, 2.24) is 15.6 Å². The van der Waals surface area contributed by atoms with Crippen molar-refractivity contribution in [1.29, 1.82) is 0 Å². The van der Waals surface area contributed by atoms with E-state index in [0.717, 1.165) is 5.69 Å². The van der Waals surface area contributed by atoms with Crippen LogP contribution < -0.4 is 16.0 Å². The standard InChI is InChI=1S/C26H36N4O7S/c1-4-16-20(32)19(27-3)22-23(21(16)33)36-24-26(34,37-22)17(10-13(2)35-24)30-18(31)11-15-12-38-25(29-15)28-14-8-6-5-7-9-14/h5-9,12-13,16-17,19-24,27,32-34H,4,10-11H2,1-3H3,(H,28,29)(H,30,31)/t13-,16-,17-,19+,20+,21-,22?,23?,24?,26+/m1/s1. The highest BCUT2D eigenvalue weighted by atomic mass is 32.1. The predicted octanol–water partition coefficient (Wildman–Crippen LogP) is 0.871. The summed E-state index contributed by atoms with van der Waals surface area (Å²) < 4.78 is 18.2. The van der Waals surface area contributed by atoms with E-state index in [-0.39, 0.29) is 24.9 Å². The number of hydrogen-bond acceptors (Lipinski definition) is 11. The number of nitrogens with one attached hydrogen (secondary N) is 3. The molecule has 1 saturated carbocycles. The van der Waals surface area contributed by atoms with Crippen LogP contribution in [0.5, 0.6) is 0 Å². The molecule has 208 valence electrons. The molecule has 0 bridgehead atoms. The van der Waals surface area contributed by atoms with E-state index in [4.69, 9.17) is 14.2 Å². The molecule has 2 aliphatic heterocycles. The number of anilines is 2. The number of para-hydroxylation sites is 1. The molecule has 11 nitrogen and oxygen atoms in total. The average molecular weight is 549 g/mol. The molecule has 3 unspecified atom stereocenters. The van der Waals surface area contributed by atoms with Crippen molar-refractivity contribution in [2.45, 2.75) is 87.8 Å². The van der Waals surface area contributed by atoms with E-state index in [1.807, 2.05) is 49.6 Å². The van der Waals surface area contributed by atoms with Gasteiger partial charge in [-0.3, -0.25) is 4.79 Å². The first-order valence-electron chi connectivity index (χ1n) is 13.0. The van der Waals surface area contributed by atoms with E-state index in [1.165, 1.54) is 11.3 Å². The van der Waals surface area contributed by atoms with Gasteiger partial charge in [0, 0.05) is 17.0 Å². The number of ether oxygens (including phenoxy) is 3. The lowest BCUT2D eigenvalue weighted by atomic mass is 9.74. The molecular weight excluding hydrogens is 512 g/mol. The van der Waals surface area contributed by atoms with Crippen LogP contribution in [-0.2, 0) is 25.4 Å². The summed E-state index contributed by atoms with van der Waals surface area (Å²) >= 11 is 1.40. The van der Waals surface area contributed by atoms with Gasteiger partial charge in [-0.05, 0) is 38.9 Å². The molecule has 6 N–H and O–H groups in total. The van der Waals surface area contributed by atoms with Gasteiger partial charge in [0.05, 0.1) is 42.5 Å². The van der Waals surface area contributed by atoms with Gasteiger partial charge >= 0.3 is 0 Å². The van der Waals surface area contributed by atoms with Crippen LogP contribution in [0.25, 0.3) is 0 Å². The summed E-state index contributed by atoms with van der Waals surface area (Å²) in [4.78, 5) is 17.6. The number of amides is 1. The summed E-state index contributed by atoms with van der Waals surface area (Å²) in [5.41, 5.74) is 1.49. The van der Waals surface area contributed by atoms with Crippen molar-refractivity contribution in [2.24, 2.45) is 5.92 Å². The third-order valence-corrected chi connectivity index (χ3v) is 8.49. The van der Waals surface area contributed by atoms with Crippen LogP contribution in [0.2, 0.25) is 0 Å². The van der Waals surface area contributed by atoms with E-state index in [2.05, 4.69) is 20.9 Å². The maximum atomic E-state index is 13.1. The molecule has 10 atom stereocenters. The maximum Gasteiger partial charge on any atom is 0.239 e. The molecule has 12 heteroatoms. The van der Waals surface area contributed by atoms with E-state index in [0.29, 0.717) is 17.2 Å². The third-order valence-electron chi connectivity index (χ3n) is 7.68. The minimum absolute atomic E-state index is 0.0150. The van der Waals surface area contributed by atoms with Crippen LogP contribution in [0.3, 0.4) is 0 Å². The van der Waals surface area contributed by atoms with Crippen LogP contribution in [0.15, 0.2) is 35.7 Å². The summed E-state index contributed by atoms with van der Waals surface area (Å²) in [5, 5.41) is 45.2. The number of aliphatic hydroxyl groups is 3. The minimum atomic E-state index is -2.01. The van der Waals surface area contributed by atoms with Crippen molar-refractivity contribution in [3.05, 3.63) is 41.4 Å². The lowest BCUT2D eigenvalue weighted by molar-refractivity contribution is -0.450. The average Bonchev–Trinajstić information content (AvgIpc) is 3.31. The molecule has 1 amide bonds. The van der Waals surface area contributed by atoms with Crippen molar-refractivity contribution >= 4 is 28.1 Å². The van der Waals surface area contributed by atoms with Crippen molar-refractivity contribution in [3.8, 4) is 0 Å². The summed E-state index contributed by atoms with van der Waals surface area (Å²) in [7, 11) is 1.68. The summed E-state index contributed by atoms with van der Waals surface area (Å²) in [6.45, 7) is 3.71. The Kier molecular flexibility index (Phi) is 8.04. The van der Waals surface area contributed by atoms with Gasteiger partial charge in [-0.15, -0.1) is 11.3 Å². The lowest BCUT2D eigenvalue weighted by Crippen LogP contribution is -2.77. The highest BCUT2D eigenvalue weighted by molar-refractivity contribution is 7.13. The van der Waals surface area contributed by atoms with E-state index >= 15 is 0 Å². The fraction of sp³-hybridized carbons (Fsp3) is 0.615. The highest BCUT2D eigenvalue weighted by Gasteiger charge is 2.63. The van der Waals surface area contributed by atoms with Crippen LogP contribution in [0, 0.1) is 5.92 Å². The summed E-state index contributed by atoms with van der Waals surface area (Å²) in [6, 6.07) is 8.19. The first-order chi connectivity index (χ1) is 18.2. The molecule has 5 rings (SSSR count). The number of aromatic nitrogens is 1. The molecule has 1 aliphatic carbocycles. The number of carbonyl (C=O) groups is 1. The van der Waals surface area contributed by atoms with Crippen LogP contribution in [-0.4, -0.2) is 87.9 Å². The molecule has 0 radical (unpaired) electrons. The minimum Gasteiger partial charge on any atom is -0.391 e. The van der Waals surface area contributed by atoms with Crippen LogP contribution in [0.4, 0.5) is 10.8 Å². The first kappa shape index (κ1) is 27.4. The molecule has 38 heavy (non-hydrogen) atoms. The zero-order chi connectivity index (χ0) is 27.0. The fourth-order valence-electron chi connectivity index (χ4n) is 5.74. The number of thiazole rings is 1. The number of aliphatic hydroxyl groups excluding tert-OH is 2. The molecule has 0 spiro atoms. The number of likely N-dealkylation sites (N-methyl/N-ethyl adjacent to an activating group) is 1. The largest absolute Gasteiger partial charge is 0.391 e. The van der Waals surface area contributed by atoms with Crippen molar-refractivity contribution in [3.63, 3.8) is 0 Å². The Bertz CT molecular complexity index is 1110. The van der Waals surface area contributed by atoms with Gasteiger partial charge in [0.2, 0.25) is 18.0 Å². The Morgan fingerprint density at radius 2 is 1.95 bits per heavy atom. The Balaban J connectivity index is 1.29. The van der Waals surface area contributed by atoms with Crippen molar-refractivity contribution in [2.75, 3.05) is 12.4 Å². The number of carbonyl (C=O) groups excluding carboxylic acids is 1. The van der Waals surface area contributed by atoms with Gasteiger partial charge in [-0.1, -0.05) is 25.1 Å². The molecule has 1 aromatic heterocycles. The smallest absolute Gasteiger partial charge is 0.239 e. The van der Waals surface area contributed by atoms with Gasteiger partial charge < -0.3 is 45.5 Å². The molecule has 2 saturated heterocycles. The molecule has 3 heterocycles. The zero-order valence-corrected chi connectivity index (χ0v) is 22.4. The monoisotopic (exact) mass is 548 g/mol. The Hall–Kier alpha value is -2.16. The number of fused-ring (bicyclic) bond motifs is 2. The van der Waals surface area contributed by atoms with Crippen LogP contribution in [0.1, 0.15) is 32.4 Å². The second-order valence-corrected chi connectivity index (χ2v) is 11.1. The maximum absolute atomic E-state index is 13.1. The zero-order valence-electron chi connectivity index (χ0n) is 21.6. The predicted molar refractivity (Wildman–Crippen MR) is 140 cm³/mol. The summed E-state index contributed by atoms with van der Waals surface area (Å²) in [5.74, 6) is -2.78. The SMILES string of the molecule is CC[C@@H]1[C@H](O)[C@H](NC)C2O[C@]3(O)C(OC2[C@@H]1O)O[C@H](C)C[C@H]3NC(=O)Cc1csc(Nc2ccccc2)n1. The van der Waals surface area contributed by atoms with Gasteiger partial charge in [-0.25, -0.2) is 4.98 Å². The molecule has 3 fully saturated rings. The van der Waals surface area contributed by atoms with Gasteiger partial charge in [0.1, 0.15) is 12.2 Å². The van der Waals surface area contributed by atoms with E-state index in [1.54, 1.807) is 7.05 Å². The Morgan fingerprint density at radius 1 is 1.18 bits per heavy atom. The van der Waals surface area contributed by atoms with Crippen LogP contribution >= 0.6 is 11.3 Å². The number of hydrogen-bond donors (Lipinski definition) is 6. The second-order valence-electron chi connectivity index (χ2n) is 10.2. The normalized spacial score (nSPS) is 38.6.